The van der Waals surface area contributed by atoms with E-state index in [2.05, 4.69) is 21.1 Å². The maximum Gasteiger partial charge on any atom is 0.342 e. The summed E-state index contributed by atoms with van der Waals surface area (Å²) in [6.45, 7) is 3.42. The lowest BCUT2D eigenvalue weighted by atomic mass is 9.81. The number of hydrogen-bond acceptors (Lipinski definition) is 7. The predicted octanol–water partition coefficient (Wildman–Crippen LogP) is 2.09. The molecule has 2 aromatic rings. The Morgan fingerprint density at radius 1 is 1.32 bits per heavy atom. The molecule has 1 fully saturated rings. The molecular weight excluding hydrogens is 360 g/mol. The van der Waals surface area contributed by atoms with E-state index in [0.29, 0.717) is 24.3 Å². The number of rotatable bonds is 5. The standard InChI is InChI=1S/C19H24N6O3/c1-13(2)16-14(9-21-18-22-12-23-25(16)18)17(27)28-10-15(26)24(3)19(11-20)7-5-4-6-8-19/h9,12-13H,4-8,10H2,1-3H3. The molecule has 3 rings (SSSR count). The smallest absolute Gasteiger partial charge is 0.342 e. The highest BCUT2D eigenvalue weighted by Crippen LogP contribution is 2.32. The van der Waals surface area contributed by atoms with E-state index in [1.54, 1.807) is 7.05 Å². The molecule has 0 unspecified atom stereocenters. The van der Waals surface area contributed by atoms with Crippen molar-refractivity contribution in [2.24, 2.45) is 0 Å². The third kappa shape index (κ3) is 3.54. The van der Waals surface area contributed by atoms with Crippen molar-refractivity contribution in [1.82, 2.24) is 24.5 Å². The van der Waals surface area contributed by atoms with Gasteiger partial charge in [0.15, 0.2) is 6.61 Å². The normalized spacial score (nSPS) is 16.0. The highest BCUT2D eigenvalue weighted by atomic mass is 16.5. The average Bonchev–Trinajstić information content (AvgIpc) is 3.19. The molecule has 2 aromatic heterocycles. The summed E-state index contributed by atoms with van der Waals surface area (Å²) in [6.07, 6.45) is 6.93. The lowest BCUT2D eigenvalue weighted by Crippen LogP contribution is -2.51. The third-order valence-electron chi connectivity index (χ3n) is 5.34. The van der Waals surface area contributed by atoms with Gasteiger partial charge in [0.2, 0.25) is 0 Å². The topological polar surface area (TPSA) is 113 Å². The van der Waals surface area contributed by atoms with Crippen molar-refractivity contribution in [2.45, 2.75) is 57.4 Å². The lowest BCUT2D eigenvalue weighted by molar-refractivity contribution is -0.138. The van der Waals surface area contributed by atoms with Crippen molar-refractivity contribution in [3.8, 4) is 6.07 Å². The maximum atomic E-state index is 12.6. The summed E-state index contributed by atoms with van der Waals surface area (Å²) in [5.74, 6) is -0.677. The molecule has 148 valence electrons. The summed E-state index contributed by atoms with van der Waals surface area (Å²) in [7, 11) is 1.60. The molecule has 1 saturated carbocycles. The number of hydrogen-bond donors (Lipinski definition) is 0. The predicted molar refractivity (Wildman–Crippen MR) is 99.4 cm³/mol. The number of carbonyl (C=O) groups is 2. The number of fused-ring (bicyclic) bond motifs is 1. The summed E-state index contributed by atoms with van der Waals surface area (Å²) >= 11 is 0. The minimum absolute atomic E-state index is 0.0303. The molecule has 9 nitrogen and oxygen atoms in total. The molecule has 1 amide bonds. The second-order valence-electron chi connectivity index (χ2n) is 7.42. The summed E-state index contributed by atoms with van der Waals surface area (Å²) in [6, 6.07) is 2.29. The van der Waals surface area contributed by atoms with Crippen LogP contribution in [-0.2, 0) is 9.53 Å². The summed E-state index contributed by atoms with van der Waals surface area (Å²) in [5.41, 5.74) is 0.0525. The number of likely N-dealkylation sites (N-methyl/N-ethyl adjacent to an activating group) is 1. The molecule has 0 aliphatic heterocycles. The molecular formula is C19H24N6O3. The number of esters is 1. The van der Waals surface area contributed by atoms with E-state index in [4.69, 9.17) is 4.74 Å². The van der Waals surface area contributed by atoms with E-state index in [1.807, 2.05) is 13.8 Å². The molecule has 0 spiro atoms. The number of ether oxygens (including phenoxy) is 1. The van der Waals surface area contributed by atoms with Crippen LogP contribution in [0.5, 0.6) is 0 Å². The number of aromatic nitrogens is 4. The zero-order valence-electron chi connectivity index (χ0n) is 16.4. The second-order valence-corrected chi connectivity index (χ2v) is 7.42. The Morgan fingerprint density at radius 2 is 2.04 bits per heavy atom. The van der Waals surface area contributed by atoms with Crippen LogP contribution in [0.2, 0.25) is 0 Å². The molecule has 9 heteroatoms. The number of nitriles is 1. The highest BCUT2D eigenvalue weighted by molar-refractivity contribution is 5.92. The van der Waals surface area contributed by atoms with E-state index >= 15 is 0 Å². The maximum absolute atomic E-state index is 12.6. The molecule has 0 radical (unpaired) electrons. The minimum Gasteiger partial charge on any atom is -0.452 e. The van der Waals surface area contributed by atoms with Gasteiger partial charge in [-0.05, 0) is 18.8 Å². The van der Waals surface area contributed by atoms with E-state index in [1.165, 1.54) is 21.9 Å². The van der Waals surface area contributed by atoms with Gasteiger partial charge < -0.3 is 9.64 Å². The Morgan fingerprint density at radius 3 is 2.68 bits per heavy atom. The zero-order chi connectivity index (χ0) is 20.3. The van der Waals surface area contributed by atoms with Crippen molar-refractivity contribution in [3.63, 3.8) is 0 Å². The van der Waals surface area contributed by atoms with E-state index < -0.39 is 24.0 Å². The van der Waals surface area contributed by atoms with Crippen molar-refractivity contribution in [2.75, 3.05) is 13.7 Å². The second kappa shape index (κ2) is 7.92. The van der Waals surface area contributed by atoms with Crippen molar-refractivity contribution < 1.29 is 14.3 Å². The molecule has 0 bridgehead atoms. The van der Waals surface area contributed by atoms with Crippen LogP contribution in [0, 0.1) is 11.3 Å². The van der Waals surface area contributed by atoms with Gasteiger partial charge >= 0.3 is 5.97 Å². The molecule has 0 atom stereocenters. The third-order valence-corrected chi connectivity index (χ3v) is 5.34. The Balaban J connectivity index is 1.73. The Bertz CT molecular complexity index is 923. The Hall–Kier alpha value is -3.02. The number of carbonyl (C=O) groups excluding carboxylic acids is 2. The number of nitrogens with zero attached hydrogens (tertiary/aromatic N) is 6. The summed E-state index contributed by atoms with van der Waals surface area (Å²) in [4.78, 5) is 34.8. The van der Waals surface area contributed by atoms with Crippen LogP contribution in [0.15, 0.2) is 12.5 Å². The highest BCUT2D eigenvalue weighted by Gasteiger charge is 2.39. The summed E-state index contributed by atoms with van der Waals surface area (Å²) < 4.78 is 6.77. The van der Waals surface area contributed by atoms with Gasteiger partial charge in [0, 0.05) is 13.2 Å². The molecule has 0 aromatic carbocycles. The molecule has 0 saturated heterocycles. The first-order chi connectivity index (χ1) is 13.4. The molecule has 1 aliphatic carbocycles. The van der Waals surface area contributed by atoms with Crippen LogP contribution in [-0.4, -0.2) is 55.6 Å². The van der Waals surface area contributed by atoms with E-state index in [9.17, 15) is 14.9 Å². The van der Waals surface area contributed by atoms with Crippen LogP contribution in [0.25, 0.3) is 5.78 Å². The largest absolute Gasteiger partial charge is 0.452 e. The van der Waals surface area contributed by atoms with E-state index in [-0.39, 0.29) is 11.5 Å². The van der Waals surface area contributed by atoms with Crippen molar-refractivity contribution in [3.05, 3.63) is 23.8 Å². The fourth-order valence-electron chi connectivity index (χ4n) is 3.71. The first kappa shape index (κ1) is 19.7. The minimum atomic E-state index is -0.813. The lowest BCUT2D eigenvalue weighted by Gasteiger charge is -2.38. The fourth-order valence-corrected chi connectivity index (χ4v) is 3.71. The molecule has 28 heavy (non-hydrogen) atoms. The Kier molecular flexibility index (Phi) is 5.58. The molecule has 0 N–H and O–H groups in total. The van der Waals surface area contributed by atoms with Crippen LogP contribution < -0.4 is 0 Å². The zero-order valence-corrected chi connectivity index (χ0v) is 16.4. The fraction of sp³-hybridized carbons (Fsp3) is 0.579. The monoisotopic (exact) mass is 384 g/mol. The van der Waals surface area contributed by atoms with Crippen molar-refractivity contribution in [1.29, 1.82) is 5.26 Å². The van der Waals surface area contributed by atoms with Gasteiger partial charge in [0.05, 0.1) is 17.3 Å². The molecule has 2 heterocycles. The number of amides is 1. The van der Waals surface area contributed by atoms with Crippen LogP contribution in [0.1, 0.15) is 67.9 Å². The van der Waals surface area contributed by atoms with Crippen LogP contribution in [0.4, 0.5) is 0 Å². The Labute approximate surface area is 163 Å². The summed E-state index contributed by atoms with van der Waals surface area (Å²) in [5, 5.41) is 13.7. The van der Waals surface area contributed by atoms with Gasteiger partial charge in [-0.1, -0.05) is 33.1 Å². The van der Waals surface area contributed by atoms with Crippen molar-refractivity contribution >= 4 is 17.7 Å². The van der Waals surface area contributed by atoms with Gasteiger partial charge in [-0.25, -0.2) is 14.3 Å². The SMILES string of the molecule is CC(C)c1c(C(=O)OCC(=O)N(C)C2(C#N)CCCCC2)cnc2ncnn12. The first-order valence-corrected chi connectivity index (χ1v) is 9.43. The van der Waals surface area contributed by atoms with Gasteiger partial charge in [0.25, 0.3) is 11.7 Å². The quantitative estimate of drug-likeness (QED) is 0.725. The average molecular weight is 384 g/mol. The van der Waals surface area contributed by atoms with Gasteiger partial charge in [-0.15, -0.1) is 0 Å². The van der Waals surface area contributed by atoms with Gasteiger partial charge in [-0.2, -0.15) is 15.3 Å². The van der Waals surface area contributed by atoms with Gasteiger partial charge in [-0.3, -0.25) is 4.79 Å². The van der Waals surface area contributed by atoms with E-state index in [0.717, 1.165) is 19.3 Å². The van der Waals surface area contributed by atoms with Gasteiger partial charge in [0.1, 0.15) is 11.9 Å². The first-order valence-electron chi connectivity index (χ1n) is 9.43. The van der Waals surface area contributed by atoms with Crippen LogP contribution >= 0.6 is 0 Å². The molecule has 1 aliphatic rings. The van der Waals surface area contributed by atoms with Crippen LogP contribution in [0.3, 0.4) is 0 Å².